The molecule has 1 aliphatic rings. The first-order valence-electron chi connectivity index (χ1n) is 21.8. The van der Waals surface area contributed by atoms with Crippen LogP contribution in [0, 0.1) is 0 Å². The molecule has 0 radical (unpaired) electrons. The van der Waals surface area contributed by atoms with Crippen LogP contribution in [-0.4, -0.2) is 0 Å². The number of benzene rings is 10. The molecule has 1 heterocycles. The largest absolute Gasteiger partial charge is 0.455 e. The molecule has 2 nitrogen and oxygen atoms in total. The zero-order chi connectivity index (χ0) is 42.1. The lowest BCUT2D eigenvalue weighted by atomic mass is 9.81. The molecule has 0 bridgehead atoms. The minimum Gasteiger partial charge on any atom is -0.455 e. The van der Waals surface area contributed by atoms with Crippen molar-refractivity contribution in [2.45, 2.75) is 19.3 Å². The average molecular weight is 806 g/mol. The maximum absolute atomic E-state index is 6.69. The maximum Gasteiger partial charge on any atom is 0.143 e. The van der Waals surface area contributed by atoms with Gasteiger partial charge in [0.1, 0.15) is 11.2 Å². The van der Waals surface area contributed by atoms with Crippen LogP contribution < -0.4 is 4.90 Å². The van der Waals surface area contributed by atoms with E-state index in [2.05, 4.69) is 237 Å². The lowest BCUT2D eigenvalue weighted by Crippen LogP contribution is -2.14. The Kier molecular flexibility index (Phi) is 8.55. The third kappa shape index (κ3) is 5.94. The van der Waals surface area contributed by atoms with Gasteiger partial charge in [-0.25, -0.2) is 0 Å². The number of fused-ring (bicyclic) bond motifs is 7. The molecule has 10 aromatic carbocycles. The molecule has 12 rings (SSSR count). The summed E-state index contributed by atoms with van der Waals surface area (Å²) in [5.41, 5.74) is 19.6. The Morgan fingerprint density at radius 1 is 0.365 bits per heavy atom. The zero-order valence-corrected chi connectivity index (χ0v) is 35.2. The molecule has 0 N–H and O–H groups in total. The van der Waals surface area contributed by atoms with Gasteiger partial charge in [-0.2, -0.15) is 0 Å². The molecule has 2 heteroatoms. The molecule has 1 aliphatic carbocycles. The minimum atomic E-state index is -0.0726. The average Bonchev–Trinajstić information content (AvgIpc) is 3.84. The van der Waals surface area contributed by atoms with E-state index >= 15 is 0 Å². The van der Waals surface area contributed by atoms with Crippen LogP contribution in [0.2, 0.25) is 0 Å². The SMILES string of the molecule is CC1(C)c2ccccc2-c2ccc(-c3ccc(N(c4ccccc4-c4cccc5c4oc4ccccc45)c4ccccc4-c4cccc5cccc(-c6ccccc6)c45)cc3)cc21. The first kappa shape index (κ1) is 36.9. The lowest BCUT2D eigenvalue weighted by Gasteiger charge is -2.30. The Labute approximate surface area is 368 Å². The van der Waals surface area contributed by atoms with Crippen molar-refractivity contribution in [3.05, 3.63) is 236 Å². The molecule has 1 aromatic heterocycles. The molecular formula is C61H43NO. The van der Waals surface area contributed by atoms with Crippen LogP contribution >= 0.6 is 0 Å². The normalized spacial score (nSPS) is 12.7. The number of rotatable bonds is 7. The van der Waals surface area contributed by atoms with Crippen molar-refractivity contribution in [1.29, 1.82) is 0 Å². The van der Waals surface area contributed by atoms with E-state index in [1.165, 1.54) is 60.8 Å². The monoisotopic (exact) mass is 805 g/mol. The predicted molar refractivity (Wildman–Crippen MR) is 265 cm³/mol. The molecule has 0 fully saturated rings. The van der Waals surface area contributed by atoms with E-state index < -0.39 is 0 Å². The third-order valence-electron chi connectivity index (χ3n) is 13.3. The summed E-state index contributed by atoms with van der Waals surface area (Å²) in [5, 5.41) is 4.67. The number of para-hydroxylation sites is 4. The topological polar surface area (TPSA) is 16.4 Å². The van der Waals surface area contributed by atoms with Crippen molar-refractivity contribution >= 4 is 49.8 Å². The van der Waals surface area contributed by atoms with Crippen molar-refractivity contribution in [2.24, 2.45) is 0 Å². The summed E-state index contributed by atoms with van der Waals surface area (Å²) in [6.07, 6.45) is 0. The van der Waals surface area contributed by atoms with Crippen molar-refractivity contribution in [3.63, 3.8) is 0 Å². The summed E-state index contributed by atoms with van der Waals surface area (Å²) < 4.78 is 6.69. The summed E-state index contributed by atoms with van der Waals surface area (Å²) in [6, 6.07) is 81.6. The number of hydrogen-bond acceptors (Lipinski definition) is 2. The van der Waals surface area contributed by atoms with E-state index in [9.17, 15) is 0 Å². The predicted octanol–water partition coefficient (Wildman–Crippen LogP) is 17.2. The summed E-state index contributed by atoms with van der Waals surface area (Å²) in [4.78, 5) is 2.45. The van der Waals surface area contributed by atoms with Crippen LogP contribution in [0.3, 0.4) is 0 Å². The van der Waals surface area contributed by atoms with Crippen LogP contribution in [0.4, 0.5) is 17.1 Å². The first-order chi connectivity index (χ1) is 31.0. The van der Waals surface area contributed by atoms with E-state index in [0.29, 0.717) is 0 Å². The summed E-state index contributed by atoms with van der Waals surface area (Å²) in [5.74, 6) is 0. The highest BCUT2D eigenvalue weighted by atomic mass is 16.3. The Balaban J connectivity index is 1.06. The molecule has 63 heavy (non-hydrogen) atoms. The van der Waals surface area contributed by atoms with Gasteiger partial charge < -0.3 is 9.32 Å². The lowest BCUT2D eigenvalue weighted by molar-refractivity contribution is 0.660. The zero-order valence-electron chi connectivity index (χ0n) is 35.2. The van der Waals surface area contributed by atoms with E-state index in [0.717, 1.165) is 55.7 Å². The van der Waals surface area contributed by atoms with E-state index in [1.807, 2.05) is 6.07 Å². The molecule has 0 amide bonds. The second-order valence-corrected chi connectivity index (χ2v) is 17.2. The standard InChI is InChI=1S/C61H43NO/c1-61(2)54-29-10-6-21-46(54)47-38-35-43(39-55(47)61)40-33-36-44(37-34-40)62(57-31-12-8-23-49(57)52-27-16-28-53-50-24-9-13-32-58(50)63-60(52)53)56-30-11-7-22-48(56)51-26-15-20-42-19-14-25-45(59(42)51)41-17-4-3-5-18-41/h3-39H,1-2H3. The quantitative estimate of drug-likeness (QED) is 0.160. The number of hydrogen-bond donors (Lipinski definition) is 0. The van der Waals surface area contributed by atoms with Gasteiger partial charge in [0, 0.05) is 38.6 Å². The highest BCUT2D eigenvalue weighted by molar-refractivity contribution is 6.12. The summed E-state index contributed by atoms with van der Waals surface area (Å²) in [7, 11) is 0. The molecule has 0 saturated carbocycles. The fourth-order valence-electron chi connectivity index (χ4n) is 10.3. The van der Waals surface area contributed by atoms with Crippen molar-refractivity contribution in [1.82, 2.24) is 0 Å². The van der Waals surface area contributed by atoms with Gasteiger partial charge in [0.15, 0.2) is 0 Å². The molecule has 0 aliphatic heterocycles. The second-order valence-electron chi connectivity index (χ2n) is 17.2. The first-order valence-corrected chi connectivity index (χ1v) is 21.8. The molecule has 298 valence electrons. The van der Waals surface area contributed by atoms with Gasteiger partial charge in [0.05, 0.1) is 11.4 Å². The Hall–Kier alpha value is -7.94. The Morgan fingerprint density at radius 3 is 1.70 bits per heavy atom. The highest BCUT2D eigenvalue weighted by Gasteiger charge is 2.35. The van der Waals surface area contributed by atoms with Gasteiger partial charge in [-0.05, 0) is 97.2 Å². The summed E-state index contributed by atoms with van der Waals surface area (Å²) in [6.45, 7) is 4.70. The number of anilines is 3. The van der Waals surface area contributed by atoms with Crippen LogP contribution in [0.5, 0.6) is 0 Å². The van der Waals surface area contributed by atoms with Crippen molar-refractivity contribution in [2.75, 3.05) is 4.90 Å². The minimum absolute atomic E-state index is 0.0726. The fraction of sp³-hybridized carbons (Fsp3) is 0.0492. The van der Waals surface area contributed by atoms with Gasteiger partial charge in [-0.1, -0.05) is 202 Å². The number of furan rings is 1. The van der Waals surface area contributed by atoms with Crippen molar-refractivity contribution in [3.8, 4) is 55.6 Å². The molecular weight excluding hydrogens is 763 g/mol. The van der Waals surface area contributed by atoms with Gasteiger partial charge in [-0.15, -0.1) is 0 Å². The molecule has 11 aromatic rings. The Morgan fingerprint density at radius 2 is 0.921 bits per heavy atom. The summed E-state index contributed by atoms with van der Waals surface area (Å²) >= 11 is 0. The smallest absolute Gasteiger partial charge is 0.143 e. The molecule has 0 unspecified atom stereocenters. The molecule has 0 spiro atoms. The second kappa shape index (κ2) is 14.6. The van der Waals surface area contributed by atoms with Gasteiger partial charge in [0.2, 0.25) is 0 Å². The molecule has 0 saturated heterocycles. The van der Waals surface area contributed by atoms with E-state index in [1.54, 1.807) is 0 Å². The highest BCUT2D eigenvalue weighted by Crippen LogP contribution is 2.51. The maximum atomic E-state index is 6.69. The fourth-order valence-corrected chi connectivity index (χ4v) is 10.3. The number of nitrogens with zero attached hydrogens (tertiary/aromatic N) is 1. The van der Waals surface area contributed by atoms with Gasteiger partial charge in [-0.3, -0.25) is 0 Å². The van der Waals surface area contributed by atoms with Gasteiger partial charge in [0.25, 0.3) is 0 Å². The van der Waals surface area contributed by atoms with Crippen LogP contribution in [0.15, 0.2) is 229 Å². The van der Waals surface area contributed by atoms with Crippen LogP contribution in [-0.2, 0) is 5.41 Å². The van der Waals surface area contributed by atoms with E-state index in [4.69, 9.17) is 4.42 Å². The van der Waals surface area contributed by atoms with Crippen LogP contribution in [0.25, 0.3) is 88.3 Å². The third-order valence-corrected chi connectivity index (χ3v) is 13.3. The van der Waals surface area contributed by atoms with Crippen molar-refractivity contribution < 1.29 is 4.42 Å². The van der Waals surface area contributed by atoms with Crippen LogP contribution in [0.1, 0.15) is 25.0 Å². The molecule has 0 atom stereocenters. The van der Waals surface area contributed by atoms with E-state index in [-0.39, 0.29) is 5.41 Å². The Bertz CT molecular complexity index is 3530. The van der Waals surface area contributed by atoms with Gasteiger partial charge >= 0.3 is 0 Å².